The van der Waals surface area contributed by atoms with Gasteiger partial charge in [-0.3, -0.25) is 0 Å². The Morgan fingerprint density at radius 3 is 2.68 bits per heavy atom. The third-order valence-electron chi connectivity index (χ3n) is 3.46. The van der Waals surface area contributed by atoms with Crippen LogP contribution in [0.5, 0.6) is 11.5 Å². The summed E-state index contributed by atoms with van der Waals surface area (Å²) in [4.78, 5) is 8.79. The Morgan fingerprint density at radius 2 is 1.96 bits per heavy atom. The summed E-state index contributed by atoms with van der Waals surface area (Å²) in [6.45, 7) is 2.79. The third kappa shape index (κ3) is 4.04. The van der Waals surface area contributed by atoms with Crippen LogP contribution in [0.15, 0.2) is 28.8 Å². The van der Waals surface area contributed by atoms with Gasteiger partial charge in [-0.15, -0.1) is 0 Å². The van der Waals surface area contributed by atoms with E-state index in [0.717, 1.165) is 5.39 Å². The summed E-state index contributed by atoms with van der Waals surface area (Å²) >= 11 is 0. The zero-order valence-corrected chi connectivity index (χ0v) is 14.3. The lowest BCUT2D eigenvalue weighted by molar-refractivity contribution is -0.00780. The number of hydrogen-bond acceptors (Lipinski definition) is 8. The van der Waals surface area contributed by atoms with Gasteiger partial charge in [0.25, 0.3) is 5.89 Å². The fraction of sp³-hybridized carbons (Fsp3) is 0.353. The second-order valence-electron chi connectivity index (χ2n) is 5.20. The Labute approximate surface area is 144 Å². The summed E-state index contributed by atoms with van der Waals surface area (Å²) in [7, 11) is 3.22. The highest BCUT2D eigenvalue weighted by molar-refractivity contribution is 5.88. The molecule has 0 fully saturated rings. The van der Waals surface area contributed by atoms with E-state index in [2.05, 4.69) is 15.1 Å². The molecule has 0 saturated heterocycles. The summed E-state index contributed by atoms with van der Waals surface area (Å²) in [5.74, 6) is 2.16. The van der Waals surface area contributed by atoms with E-state index in [9.17, 15) is 0 Å². The van der Waals surface area contributed by atoms with Crippen LogP contribution in [0, 0.1) is 6.92 Å². The minimum absolute atomic E-state index is 0.0941. The highest BCUT2D eigenvalue weighted by atomic mass is 16.7. The predicted molar refractivity (Wildman–Crippen MR) is 89.6 cm³/mol. The number of aryl methyl sites for hydroxylation is 1. The number of aromatic nitrogens is 3. The highest BCUT2D eigenvalue weighted by Gasteiger charge is 2.14. The van der Waals surface area contributed by atoms with E-state index in [-0.39, 0.29) is 6.79 Å². The summed E-state index contributed by atoms with van der Waals surface area (Å²) in [6, 6.07) is 7.30. The van der Waals surface area contributed by atoms with Gasteiger partial charge in [0, 0.05) is 24.6 Å². The molecular weight excluding hydrogens is 326 g/mol. The molecule has 0 atom stereocenters. The van der Waals surface area contributed by atoms with Gasteiger partial charge in [0.2, 0.25) is 0 Å². The van der Waals surface area contributed by atoms with Crippen LogP contribution in [0.3, 0.4) is 0 Å². The predicted octanol–water partition coefficient (Wildman–Crippen LogP) is 2.60. The van der Waals surface area contributed by atoms with Crippen LogP contribution < -0.4 is 9.47 Å². The minimum Gasteiger partial charge on any atom is -0.497 e. The van der Waals surface area contributed by atoms with Gasteiger partial charge in [-0.1, -0.05) is 5.16 Å². The average molecular weight is 345 g/mol. The molecule has 0 spiro atoms. The number of fused-ring (bicyclic) bond motifs is 1. The second kappa shape index (κ2) is 7.91. The minimum atomic E-state index is 0.0941. The van der Waals surface area contributed by atoms with Gasteiger partial charge >= 0.3 is 0 Å². The molecule has 0 aliphatic heterocycles. The molecule has 2 aromatic heterocycles. The molecule has 1 aromatic carbocycles. The van der Waals surface area contributed by atoms with Crippen molar-refractivity contribution in [3.63, 3.8) is 0 Å². The van der Waals surface area contributed by atoms with Crippen molar-refractivity contribution in [2.45, 2.75) is 6.92 Å². The van der Waals surface area contributed by atoms with Crippen molar-refractivity contribution in [2.24, 2.45) is 0 Å². The van der Waals surface area contributed by atoms with Gasteiger partial charge in [-0.05, 0) is 19.1 Å². The largest absolute Gasteiger partial charge is 0.497 e. The Bertz CT molecular complexity index is 849. The first kappa shape index (κ1) is 17.1. The zero-order chi connectivity index (χ0) is 17.6. The van der Waals surface area contributed by atoms with Gasteiger partial charge in [0.05, 0.1) is 25.8 Å². The van der Waals surface area contributed by atoms with Crippen LogP contribution in [0.2, 0.25) is 0 Å². The molecule has 0 unspecified atom stereocenters. The van der Waals surface area contributed by atoms with Crippen LogP contribution >= 0.6 is 0 Å². The van der Waals surface area contributed by atoms with Crippen LogP contribution in [0.1, 0.15) is 5.82 Å². The van der Waals surface area contributed by atoms with Gasteiger partial charge in [0.1, 0.15) is 17.2 Å². The van der Waals surface area contributed by atoms with E-state index in [1.165, 1.54) is 0 Å². The number of benzene rings is 1. The maximum atomic E-state index is 5.76. The molecule has 0 bridgehead atoms. The molecule has 0 amide bonds. The van der Waals surface area contributed by atoms with E-state index < -0.39 is 0 Å². The number of nitrogens with zero attached hydrogens (tertiary/aromatic N) is 3. The lowest BCUT2D eigenvalue weighted by Gasteiger charge is -2.11. The van der Waals surface area contributed by atoms with Crippen molar-refractivity contribution in [2.75, 3.05) is 34.2 Å². The summed E-state index contributed by atoms with van der Waals surface area (Å²) < 4.78 is 26.6. The molecule has 3 aromatic rings. The molecule has 8 nitrogen and oxygen atoms in total. The van der Waals surface area contributed by atoms with E-state index in [0.29, 0.717) is 47.6 Å². The van der Waals surface area contributed by atoms with Gasteiger partial charge in [-0.2, -0.15) is 4.98 Å². The number of ether oxygens (including phenoxy) is 4. The highest BCUT2D eigenvalue weighted by Crippen LogP contribution is 2.31. The number of rotatable bonds is 8. The summed E-state index contributed by atoms with van der Waals surface area (Å²) in [6.07, 6.45) is 0. The van der Waals surface area contributed by atoms with Gasteiger partial charge in [-0.25, -0.2) is 4.98 Å². The van der Waals surface area contributed by atoms with Crippen molar-refractivity contribution < 1.29 is 23.5 Å². The molecule has 132 valence electrons. The Kier molecular flexibility index (Phi) is 5.42. The van der Waals surface area contributed by atoms with E-state index in [4.69, 9.17) is 23.5 Å². The second-order valence-corrected chi connectivity index (χ2v) is 5.20. The first-order valence-corrected chi connectivity index (χ1v) is 7.70. The molecule has 0 aliphatic carbocycles. The molecule has 3 rings (SSSR count). The van der Waals surface area contributed by atoms with Crippen molar-refractivity contribution in [1.29, 1.82) is 0 Å². The van der Waals surface area contributed by atoms with Gasteiger partial charge in [0.15, 0.2) is 12.6 Å². The van der Waals surface area contributed by atoms with Crippen LogP contribution in [0.25, 0.3) is 22.5 Å². The lowest BCUT2D eigenvalue weighted by atomic mass is 10.1. The standard InChI is InChI=1S/C17H19N3O5/c1-11-18-17(25-20-11)15-9-16(24-10-23-7-6-21-2)13-5-4-12(22-3)8-14(13)19-15/h4-5,8-9H,6-7,10H2,1-3H3. The molecule has 25 heavy (non-hydrogen) atoms. The fourth-order valence-electron chi connectivity index (χ4n) is 2.24. The topological polar surface area (TPSA) is 88.7 Å². The molecule has 8 heteroatoms. The molecular formula is C17H19N3O5. The van der Waals surface area contributed by atoms with Crippen molar-refractivity contribution >= 4 is 10.9 Å². The first-order valence-electron chi connectivity index (χ1n) is 7.70. The van der Waals surface area contributed by atoms with Crippen molar-refractivity contribution in [3.05, 3.63) is 30.1 Å². The first-order chi connectivity index (χ1) is 12.2. The van der Waals surface area contributed by atoms with E-state index in [1.54, 1.807) is 27.2 Å². The Morgan fingerprint density at radius 1 is 1.08 bits per heavy atom. The zero-order valence-electron chi connectivity index (χ0n) is 14.3. The lowest BCUT2D eigenvalue weighted by Crippen LogP contribution is -2.08. The van der Waals surface area contributed by atoms with Crippen molar-refractivity contribution in [3.8, 4) is 23.1 Å². The fourth-order valence-corrected chi connectivity index (χ4v) is 2.24. The molecule has 0 radical (unpaired) electrons. The Hall–Kier alpha value is -2.71. The van der Waals surface area contributed by atoms with Crippen LogP contribution in [-0.4, -0.2) is 49.4 Å². The maximum absolute atomic E-state index is 5.76. The monoisotopic (exact) mass is 345 g/mol. The van der Waals surface area contributed by atoms with Crippen molar-refractivity contribution in [1.82, 2.24) is 15.1 Å². The van der Waals surface area contributed by atoms with E-state index in [1.807, 2.05) is 18.2 Å². The molecule has 2 heterocycles. The quantitative estimate of drug-likeness (QED) is 0.455. The maximum Gasteiger partial charge on any atom is 0.276 e. The van der Waals surface area contributed by atoms with E-state index >= 15 is 0 Å². The normalized spacial score (nSPS) is 11.0. The smallest absolute Gasteiger partial charge is 0.276 e. The molecule has 0 aliphatic rings. The third-order valence-corrected chi connectivity index (χ3v) is 3.46. The van der Waals surface area contributed by atoms with Crippen LogP contribution in [-0.2, 0) is 9.47 Å². The van der Waals surface area contributed by atoms with Gasteiger partial charge < -0.3 is 23.5 Å². The SMILES string of the molecule is COCCOCOc1cc(-c2nc(C)no2)nc2cc(OC)ccc12. The Balaban J connectivity index is 1.94. The number of hydrogen-bond donors (Lipinski definition) is 0. The number of methoxy groups -OCH3 is 2. The van der Waals surface area contributed by atoms with Crippen LogP contribution in [0.4, 0.5) is 0 Å². The molecule has 0 saturated carbocycles. The average Bonchev–Trinajstić information content (AvgIpc) is 3.07. The summed E-state index contributed by atoms with van der Waals surface area (Å²) in [5.41, 5.74) is 1.22. The number of pyridine rings is 1. The molecule has 0 N–H and O–H groups in total. The summed E-state index contributed by atoms with van der Waals surface area (Å²) in [5, 5.41) is 4.63.